The van der Waals surface area contributed by atoms with Gasteiger partial charge in [0.05, 0.1) is 13.2 Å². The topological polar surface area (TPSA) is 43.7 Å². The number of aliphatic hydroxyl groups excluding tert-OH is 2. The van der Waals surface area contributed by atoms with Crippen LogP contribution in [-0.2, 0) is 6.42 Å². The molecule has 0 saturated heterocycles. The van der Waals surface area contributed by atoms with E-state index in [0.717, 1.165) is 17.1 Å². The van der Waals surface area contributed by atoms with Gasteiger partial charge in [-0.3, -0.25) is 0 Å². The highest BCUT2D eigenvalue weighted by atomic mass is 35.5. The van der Waals surface area contributed by atoms with Crippen LogP contribution in [0, 0.1) is 0 Å². The highest BCUT2D eigenvalue weighted by Gasteiger charge is 2.05. The first-order valence-corrected chi connectivity index (χ1v) is 7.41. The normalized spacial score (nSPS) is 10.6. The van der Waals surface area contributed by atoms with E-state index < -0.39 is 0 Å². The lowest BCUT2D eigenvalue weighted by Crippen LogP contribution is -2.29. The molecule has 0 aliphatic heterocycles. The fourth-order valence-corrected chi connectivity index (χ4v) is 2.40. The Morgan fingerprint density at radius 2 is 1.24 bits per heavy atom. The van der Waals surface area contributed by atoms with Crippen LogP contribution in [0.4, 0.5) is 5.69 Å². The second kappa shape index (κ2) is 8.03. The van der Waals surface area contributed by atoms with Crippen molar-refractivity contribution in [3.05, 3.63) is 64.7 Å². The zero-order chi connectivity index (χ0) is 15.1. The van der Waals surface area contributed by atoms with Gasteiger partial charge in [0, 0.05) is 23.8 Å². The molecule has 4 heteroatoms. The van der Waals surface area contributed by atoms with Crippen molar-refractivity contribution in [2.75, 3.05) is 31.2 Å². The summed E-state index contributed by atoms with van der Waals surface area (Å²) < 4.78 is 0. The van der Waals surface area contributed by atoms with Gasteiger partial charge in [0.15, 0.2) is 0 Å². The molecule has 0 aliphatic carbocycles. The molecule has 21 heavy (non-hydrogen) atoms. The Morgan fingerprint density at radius 3 is 1.71 bits per heavy atom. The number of aliphatic hydroxyl groups is 2. The quantitative estimate of drug-likeness (QED) is 0.826. The average Bonchev–Trinajstić information content (AvgIpc) is 2.50. The van der Waals surface area contributed by atoms with Gasteiger partial charge in [0.1, 0.15) is 0 Å². The van der Waals surface area contributed by atoms with E-state index >= 15 is 0 Å². The van der Waals surface area contributed by atoms with Crippen LogP contribution in [-0.4, -0.2) is 36.5 Å². The predicted octanol–water partition coefficient (Wildman–Crippen LogP) is 2.72. The summed E-state index contributed by atoms with van der Waals surface area (Å²) in [6, 6.07) is 16.1. The van der Waals surface area contributed by atoms with Crippen LogP contribution >= 0.6 is 11.6 Å². The van der Waals surface area contributed by atoms with Crippen molar-refractivity contribution in [1.29, 1.82) is 0 Å². The van der Waals surface area contributed by atoms with Crippen molar-refractivity contribution in [1.82, 2.24) is 0 Å². The molecule has 2 aromatic rings. The maximum Gasteiger partial charge on any atom is 0.0606 e. The highest BCUT2D eigenvalue weighted by Crippen LogP contribution is 2.18. The van der Waals surface area contributed by atoms with Gasteiger partial charge in [-0.2, -0.15) is 0 Å². The van der Waals surface area contributed by atoms with Gasteiger partial charge in [-0.05, 0) is 41.8 Å². The molecule has 0 saturated carbocycles. The number of nitrogens with zero attached hydrogens (tertiary/aromatic N) is 1. The van der Waals surface area contributed by atoms with Gasteiger partial charge in [-0.25, -0.2) is 0 Å². The number of benzene rings is 2. The van der Waals surface area contributed by atoms with Crippen LogP contribution < -0.4 is 4.90 Å². The first kappa shape index (κ1) is 15.8. The summed E-state index contributed by atoms with van der Waals surface area (Å²) in [5, 5.41) is 18.9. The lowest BCUT2D eigenvalue weighted by atomic mass is 10.0. The van der Waals surface area contributed by atoms with Gasteiger partial charge in [0.2, 0.25) is 0 Å². The molecule has 112 valence electrons. The van der Waals surface area contributed by atoms with Crippen molar-refractivity contribution >= 4 is 17.3 Å². The highest BCUT2D eigenvalue weighted by molar-refractivity contribution is 6.30. The van der Waals surface area contributed by atoms with E-state index in [1.54, 1.807) is 0 Å². The van der Waals surface area contributed by atoms with Gasteiger partial charge >= 0.3 is 0 Å². The Balaban J connectivity index is 2.05. The molecule has 3 nitrogen and oxygen atoms in total. The smallest absolute Gasteiger partial charge is 0.0606 e. The summed E-state index contributed by atoms with van der Waals surface area (Å²) in [5.41, 5.74) is 3.45. The first-order chi connectivity index (χ1) is 10.2. The van der Waals surface area contributed by atoms with E-state index in [1.165, 1.54) is 11.1 Å². The summed E-state index contributed by atoms with van der Waals surface area (Å²) in [4.78, 5) is 1.96. The molecular weight excluding hydrogens is 286 g/mol. The molecule has 0 bridgehead atoms. The largest absolute Gasteiger partial charge is 0.395 e. The van der Waals surface area contributed by atoms with E-state index in [0.29, 0.717) is 13.1 Å². The monoisotopic (exact) mass is 305 g/mol. The number of hydrogen-bond acceptors (Lipinski definition) is 3. The molecule has 0 atom stereocenters. The zero-order valence-electron chi connectivity index (χ0n) is 11.9. The second-order valence-electron chi connectivity index (χ2n) is 4.90. The van der Waals surface area contributed by atoms with E-state index in [2.05, 4.69) is 12.1 Å². The molecular formula is C17H20ClNO2. The number of halogens is 1. The van der Waals surface area contributed by atoms with E-state index in [-0.39, 0.29) is 13.2 Å². The molecule has 0 aromatic heterocycles. The minimum Gasteiger partial charge on any atom is -0.395 e. The van der Waals surface area contributed by atoms with Crippen LogP contribution in [0.25, 0.3) is 0 Å². The van der Waals surface area contributed by atoms with E-state index in [9.17, 15) is 0 Å². The van der Waals surface area contributed by atoms with E-state index in [4.69, 9.17) is 21.8 Å². The summed E-state index contributed by atoms with van der Waals surface area (Å²) in [6.45, 7) is 1.20. The molecule has 0 heterocycles. The molecule has 2 aromatic carbocycles. The molecule has 2 rings (SSSR count). The standard InChI is InChI=1S/C17H20ClNO2/c18-16-5-1-14(2-6-16)13-15-3-7-17(8-4-15)19(9-11-20)10-12-21/h1-8,20-21H,9-13H2. The Morgan fingerprint density at radius 1 is 0.762 bits per heavy atom. The molecule has 0 amide bonds. The van der Waals surface area contributed by atoms with Crippen LogP contribution in [0.2, 0.25) is 5.02 Å². The minimum absolute atomic E-state index is 0.0759. The maximum absolute atomic E-state index is 9.06. The van der Waals surface area contributed by atoms with Gasteiger partial charge < -0.3 is 15.1 Å². The van der Waals surface area contributed by atoms with Crippen molar-refractivity contribution in [2.45, 2.75) is 6.42 Å². The van der Waals surface area contributed by atoms with E-state index in [1.807, 2.05) is 41.3 Å². The second-order valence-corrected chi connectivity index (χ2v) is 5.34. The Bertz CT molecular complexity index is 534. The summed E-state index contributed by atoms with van der Waals surface area (Å²) >= 11 is 5.88. The SMILES string of the molecule is OCCN(CCO)c1ccc(Cc2ccc(Cl)cc2)cc1. The molecule has 0 spiro atoms. The van der Waals surface area contributed by atoms with Gasteiger partial charge in [0.25, 0.3) is 0 Å². The average molecular weight is 306 g/mol. The third-order valence-electron chi connectivity index (χ3n) is 3.36. The fourth-order valence-electron chi connectivity index (χ4n) is 2.27. The Kier molecular flexibility index (Phi) is 6.05. The van der Waals surface area contributed by atoms with Gasteiger partial charge in [-0.1, -0.05) is 35.9 Å². The third kappa shape index (κ3) is 4.74. The van der Waals surface area contributed by atoms with Crippen molar-refractivity contribution in [3.63, 3.8) is 0 Å². The summed E-state index contributed by atoms with van der Waals surface area (Å²) in [5.74, 6) is 0. The molecule has 0 unspecified atom stereocenters. The van der Waals surface area contributed by atoms with Crippen molar-refractivity contribution < 1.29 is 10.2 Å². The van der Waals surface area contributed by atoms with Crippen LogP contribution in [0.15, 0.2) is 48.5 Å². The van der Waals surface area contributed by atoms with Crippen molar-refractivity contribution in [2.24, 2.45) is 0 Å². The number of hydrogen-bond donors (Lipinski definition) is 2. The molecule has 0 radical (unpaired) electrons. The predicted molar refractivity (Wildman–Crippen MR) is 87.1 cm³/mol. The summed E-state index contributed by atoms with van der Waals surface area (Å²) in [7, 11) is 0. The van der Waals surface area contributed by atoms with Crippen LogP contribution in [0.3, 0.4) is 0 Å². The van der Waals surface area contributed by atoms with Gasteiger partial charge in [-0.15, -0.1) is 0 Å². The minimum atomic E-state index is 0.0759. The van der Waals surface area contributed by atoms with Crippen LogP contribution in [0.1, 0.15) is 11.1 Å². The molecule has 0 aliphatic rings. The number of rotatable bonds is 7. The number of anilines is 1. The lowest BCUT2D eigenvalue weighted by Gasteiger charge is -2.23. The third-order valence-corrected chi connectivity index (χ3v) is 3.61. The lowest BCUT2D eigenvalue weighted by molar-refractivity contribution is 0.281. The fraction of sp³-hybridized carbons (Fsp3) is 0.294. The Hall–Kier alpha value is -1.55. The summed E-state index contributed by atoms with van der Waals surface area (Å²) in [6.07, 6.45) is 0.859. The first-order valence-electron chi connectivity index (χ1n) is 7.03. The van der Waals surface area contributed by atoms with Crippen LogP contribution in [0.5, 0.6) is 0 Å². The Labute approximate surface area is 130 Å². The zero-order valence-corrected chi connectivity index (χ0v) is 12.6. The maximum atomic E-state index is 9.06. The molecule has 2 N–H and O–H groups in total. The molecule has 0 fully saturated rings. The van der Waals surface area contributed by atoms with Crippen molar-refractivity contribution in [3.8, 4) is 0 Å².